The number of rotatable bonds is 4. The third kappa shape index (κ3) is 3.17. The Morgan fingerprint density at radius 2 is 2.00 bits per heavy atom. The van der Waals surface area contributed by atoms with Crippen molar-refractivity contribution in [1.29, 1.82) is 0 Å². The highest BCUT2D eigenvalue weighted by molar-refractivity contribution is 5.92. The van der Waals surface area contributed by atoms with Gasteiger partial charge in [0, 0.05) is 11.9 Å². The summed E-state index contributed by atoms with van der Waals surface area (Å²) >= 11 is 0. The normalized spacial score (nSPS) is 10.4. The first kappa shape index (κ1) is 13.9. The van der Waals surface area contributed by atoms with Gasteiger partial charge in [-0.25, -0.2) is 4.98 Å². The summed E-state index contributed by atoms with van der Waals surface area (Å²) in [4.78, 5) is 20.5. The lowest BCUT2D eigenvalue weighted by molar-refractivity contribution is -0.115. The molecule has 0 saturated carbocycles. The standard InChI is InChI=1S/C16H15N5O/c1-11-6-2-3-7-12(11)18-15(22)10-14-19-16(21-20-14)13-8-4-5-9-17-13/h2-9H,10H2,1H3,(H,18,22)(H,19,20,21). The van der Waals surface area contributed by atoms with Gasteiger partial charge >= 0.3 is 0 Å². The van der Waals surface area contributed by atoms with Crippen LogP contribution in [-0.2, 0) is 11.2 Å². The molecule has 0 fully saturated rings. The number of nitrogens with zero attached hydrogens (tertiary/aromatic N) is 3. The summed E-state index contributed by atoms with van der Waals surface area (Å²) in [5.74, 6) is 0.851. The fourth-order valence-electron chi connectivity index (χ4n) is 2.04. The fraction of sp³-hybridized carbons (Fsp3) is 0.125. The van der Waals surface area contributed by atoms with Gasteiger partial charge < -0.3 is 5.32 Å². The highest BCUT2D eigenvalue weighted by Gasteiger charge is 2.11. The van der Waals surface area contributed by atoms with E-state index < -0.39 is 0 Å². The largest absolute Gasteiger partial charge is 0.325 e. The predicted octanol–water partition coefficient (Wildman–Crippen LogP) is 2.36. The van der Waals surface area contributed by atoms with Crippen LogP contribution in [0.2, 0.25) is 0 Å². The lowest BCUT2D eigenvalue weighted by Gasteiger charge is -2.06. The molecule has 0 unspecified atom stereocenters. The Kier molecular flexibility index (Phi) is 3.91. The number of aryl methyl sites for hydroxylation is 1. The number of hydrogen-bond donors (Lipinski definition) is 2. The summed E-state index contributed by atoms with van der Waals surface area (Å²) in [6, 6.07) is 13.1. The Balaban J connectivity index is 1.68. The van der Waals surface area contributed by atoms with Crippen LogP contribution in [0.5, 0.6) is 0 Å². The molecule has 0 spiro atoms. The highest BCUT2D eigenvalue weighted by Crippen LogP contribution is 2.14. The number of anilines is 1. The summed E-state index contributed by atoms with van der Waals surface area (Å²) < 4.78 is 0. The number of amides is 1. The molecular weight excluding hydrogens is 278 g/mol. The van der Waals surface area contributed by atoms with E-state index in [1.54, 1.807) is 6.20 Å². The molecule has 3 aromatic rings. The van der Waals surface area contributed by atoms with Crippen LogP contribution in [0.4, 0.5) is 5.69 Å². The maximum atomic E-state index is 12.1. The minimum atomic E-state index is -0.141. The van der Waals surface area contributed by atoms with Gasteiger partial charge in [0.15, 0.2) is 5.82 Å². The summed E-state index contributed by atoms with van der Waals surface area (Å²) in [5, 5.41) is 9.72. The van der Waals surface area contributed by atoms with Crippen molar-refractivity contribution >= 4 is 11.6 Å². The number of carbonyl (C=O) groups is 1. The van der Waals surface area contributed by atoms with E-state index in [1.165, 1.54) is 0 Å². The molecule has 0 atom stereocenters. The predicted molar refractivity (Wildman–Crippen MR) is 83.1 cm³/mol. The SMILES string of the molecule is Cc1ccccc1NC(=O)Cc1nc(-c2ccccn2)n[nH]1. The molecule has 2 aromatic heterocycles. The molecule has 0 radical (unpaired) electrons. The van der Waals surface area contributed by atoms with Crippen molar-refractivity contribution in [3.05, 3.63) is 60.0 Å². The maximum Gasteiger partial charge on any atom is 0.232 e. The van der Waals surface area contributed by atoms with Crippen LogP contribution >= 0.6 is 0 Å². The zero-order chi connectivity index (χ0) is 15.4. The molecule has 0 bridgehead atoms. The van der Waals surface area contributed by atoms with E-state index in [9.17, 15) is 4.79 Å². The highest BCUT2D eigenvalue weighted by atomic mass is 16.1. The molecule has 6 heteroatoms. The van der Waals surface area contributed by atoms with E-state index >= 15 is 0 Å². The molecule has 0 aliphatic rings. The van der Waals surface area contributed by atoms with E-state index in [2.05, 4.69) is 25.5 Å². The van der Waals surface area contributed by atoms with Gasteiger partial charge in [-0.05, 0) is 30.7 Å². The Morgan fingerprint density at radius 3 is 2.77 bits per heavy atom. The van der Waals surface area contributed by atoms with Crippen LogP contribution in [0.1, 0.15) is 11.4 Å². The van der Waals surface area contributed by atoms with Gasteiger partial charge in [0.2, 0.25) is 5.91 Å². The van der Waals surface area contributed by atoms with E-state index in [-0.39, 0.29) is 12.3 Å². The zero-order valence-electron chi connectivity index (χ0n) is 12.1. The van der Waals surface area contributed by atoms with Crippen LogP contribution in [0.25, 0.3) is 11.5 Å². The zero-order valence-corrected chi connectivity index (χ0v) is 12.1. The van der Waals surface area contributed by atoms with Crippen molar-refractivity contribution in [2.24, 2.45) is 0 Å². The van der Waals surface area contributed by atoms with Gasteiger partial charge in [0.25, 0.3) is 0 Å². The maximum absolute atomic E-state index is 12.1. The summed E-state index contributed by atoms with van der Waals surface area (Å²) in [6.45, 7) is 1.95. The van der Waals surface area contributed by atoms with Gasteiger partial charge in [-0.1, -0.05) is 24.3 Å². The number of aromatic nitrogens is 4. The van der Waals surface area contributed by atoms with E-state index in [0.717, 1.165) is 11.3 Å². The van der Waals surface area contributed by atoms with E-state index in [0.29, 0.717) is 17.3 Å². The number of carbonyl (C=O) groups excluding carboxylic acids is 1. The minimum absolute atomic E-state index is 0.133. The third-order valence-corrected chi connectivity index (χ3v) is 3.17. The number of nitrogens with one attached hydrogen (secondary N) is 2. The molecule has 2 N–H and O–H groups in total. The third-order valence-electron chi connectivity index (χ3n) is 3.17. The second-order valence-electron chi connectivity index (χ2n) is 4.86. The first-order chi connectivity index (χ1) is 10.7. The summed E-state index contributed by atoms with van der Waals surface area (Å²) in [6.07, 6.45) is 1.81. The molecular formula is C16H15N5O. The molecule has 0 aliphatic heterocycles. The van der Waals surface area contributed by atoms with Gasteiger partial charge in [0.1, 0.15) is 11.5 Å². The molecule has 22 heavy (non-hydrogen) atoms. The molecule has 1 aromatic carbocycles. The Labute approximate surface area is 127 Å². The Hall–Kier alpha value is -3.02. The average molecular weight is 293 g/mol. The molecule has 6 nitrogen and oxygen atoms in total. The van der Waals surface area contributed by atoms with Crippen LogP contribution in [0.15, 0.2) is 48.7 Å². The number of benzene rings is 1. The molecule has 0 aliphatic carbocycles. The molecule has 0 saturated heterocycles. The van der Waals surface area contributed by atoms with Crippen LogP contribution in [0, 0.1) is 6.92 Å². The first-order valence-corrected chi connectivity index (χ1v) is 6.90. The van der Waals surface area contributed by atoms with Crippen molar-refractivity contribution in [1.82, 2.24) is 20.2 Å². The fourth-order valence-corrected chi connectivity index (χ4v) is 2.04. The number of H-pyrrole nitrogens is 1. The van der Waals surface area contributed by atoms with E-state index in [4.69, 9.17) is 0 Å². The minimum Gasteiger partial charge on any atom is -0.325 e. The number of aromatic amines is 1. The second kappa shape index (κ2) is 6.17. The molecule has 2 heterocycles. The van der Waals surface area contributed by atoms with Crippen molar-refractivity contribution in [3.63, 3.8) is 0 Å². The number of pyridine rings is 1. The lowest BCUT2D eigenvalue weighted by atomic mass is 10.2. The van der Waals surface area contributed by atoms with Crippen molar-refractivity contribution in [2.45, 2.75) is 13.3 Å². The smallest absolute Gasteiger partial charge is 0.232 e. The van der Waals surface area contributed by atoms with Crippen molar-refractivity contribution < 1.29 is 4.79 Å². The first-order valence-electron chi connectivity index (χ1n) is 6.90. The van der Waals surface area contributed by atoms with Crippen LogP contribution < -0.4 is 5.32 Å². The van der Waals surface area contributed by atoms with Gasteiger partial charge in [-0.15, -0.1) is 0 Å². The van der Waals surface area contributed by atoms with Crippen LogP contribution in [0.3, 0.4) is 0 Å². The molecule has 110 valence electrons. The number of para-hydroxylation sites is 1. The van der Waals surface area contributed by atoms with Gasteiger partial charge in [-0.2, -0.15) is 5.10 Å². The Bertz CT molecular complexity index is 782. The van der Waals surface area contributed by atoms with Gasteiger partial charge in [0.05, 0.1) is 6.42 Å². The van der Waals surface area contributed by atoms with E-state index in [1.807, 2.05) is 49.4 Å². The summed E-state index contributed by atoms with van der Waals surface area (Å²) in [5.41, 5.74) is 2.49. The lowest BCUT2D eigenvalue weighted by Crippen LogP contribution is -2.15. The van der Waals surface area contributed by atoms with Gasteiger partial charge in [-0.3, -0.25) is 14.9 Å². The van der Waals surface area contributed by atoms with Crippen molar-refractivity contribution in [2.75, 3.05) is 5.32 Å². The monoisotopic (exact) mass is 293 g/mol. The van der Waals surface area contributed by atoms with Crippen LogP contribution in [-0.4, -0.2) is 26.1 Å². The quantitative estimate of drug-likeness (QED) is 0.773. The number of hydrogen-bond acceptors (Lipinski definition) is 4. The molecule has 1 amide bonds. The summed E-state index contributed by atoms with van der Waals surface area (Å²) in [7, 11) is 0. The topological polar surface area (TPSA) is 83.6 Å². The second-order valence-corrected chi connectivity index (χ2v) is 4.86. The average Bonchev–Trinajstić information content (AvgIpc) is 2.99. The molecule has 3 rings (SSSR count). The van der Waals surface area contributed by atoms with Crippen molar-refractivity contribution in [3.8, 4) is 11.5 Å². The Morgan fingerprint density at radius 1 is 1.18 bits per heavy atom.